The summed E-state index contributed by atoms with van der Waals surface area (Å²) in [5.41, 5.74) is 0. The largest absolute Gasteiger partial charge is 0.341 e. The van der Waals surface area contributed by atoms with Gasteiger partial charge in [0.2, 0.25) is 5.91 Å². The molecule has 0 aromatic carbocycles. The Hall–Kier alpha value is -0.570. The zero-order valence-electron chi connectivity index (χ0n) is 10.6. The summed E-state index contributed by atoms with van der Waals surface area (Å²) in [6.45, 7) is 5.32. The second-order valence-corrected chi connectivity index (χ2v) is 5.32. The van der Waals surface area contributed by atoms with Gasteiger partial charge in [0.25, 0.3) is 0 Å². The Kier molecular flexibility index (Phi) is 3.85. The minimum Gasteiger partial charge on any atom is -0.341 e. The molecule has 92 valence electrons. The Labute approximate surface area is 98.8 Å². The molecule has 0 saturated carbocycles. The number of likely N-dealkylation sites (tertiary alicyclic amines) is 2. The summed E-state index contributed by atoms with van der Waals surface area (Å²) in [5.74, 6) is 1.24. The summed E-state index contributed by atoms with van der Waals surface area (Å²) in [6, 6.07) is 0.179. The van der Waals surface area contributed by atoms with Crippen molar-refractivity contribution in [1.82, 2.24) is 9.80 Å². The van der Waals surface area contributed by atoms with Crippen molar-refractivity contribution < 1.29 is 4.79 Å². The standard InChI is InChI=1S/C13H24N2O/c1-3-11-6-9-15(10-7-11)13(16)12-5-4-8-14(12)2/h11-12H,3-10H2,1-2H3/t12-/m0/s1. The minimum atomic E-state index is 0.179. The van der Waals surface area contributed by atoms with Gasteiger partial charge in [-0.25, -0.2) is 0 Å². The van der Waals surface area contributed by atoms with E-state index in [1.807, 2.05) is 0 Å². The summed E-state index contributed by atoms with van der Waals surface area (Å²) in [7, 11) is 2.08. The number of likely N-dealkylation sites (N-methyl/N-ethyl adjacent to an activating group) is 1. The van der Waals surface area contributed by atoms with Crippen molar-refractivity contribution in [3.63, 3.8) is 0 Å². The molecular weight excluding hydrogens is 200 g/mol. The van der Waals surface area contributed by atoms with Crippen LogP contribution >= 0.6 is 0 Å². The second kappa shape index (κ2) is 5.17. The number of hydrogen-bond donors (Lipinski definition) is 0. The van der Waals surface area contributed by atoms with Crippen LogP contribution in [0.3, 0.4) is 0 Å². The summed E-state index contributed by atoms with van der Waals surface area (Å²) in [6.07, 6.45) is 5.92. The molecule has 2 heterocycles. The van der Waals surface area contributed by atoms with Gasteiger partial charge in [0.15, 0.2) is 0 Å². The molecule has 2 saturated heterocycles. The summed E-state index contributed by atoms with van der Waals surface area (Å²) in [5, 5.41) is 0. The van der Waals surface area contributed by atoms with Crippen LogP contribution in [0.4, 0.5) is 0 Å². The highest BCUT2D eigenvalue weighted by Crippen LogP contribution is 2.23. The van der Waals surface area contributed by atoms with Crippen molar-refractivity contribution in [2.24, 2.45) is 5.92 Å². The minimum absolute atomic E-state index is 0.179. The highest BCUT2D eigenvalue weighted by atomic mass is 16.2. The van der Waals surface area contributed by atoms with E-state index in [1.54, 1.807) is 0 Å². The van der Waals surface area contributed by atoms with Gasteiger partial charge in [0, 0.05) is 13.1 Å². The molecule has 1 amide bonds. The highest BCUT2D eigenvalue weighted by Gasteiger charge is 2.32. The van der Waals surface area contributed by atoms with Crippen molar-refractivity contribution >= 4 is 5.91 Å². The van der Waals surface area contributed by atoms with E-state index in [-0.39, 0.29) is 6.04 Å². The molecule has 2 fully saturated rings. The zero-order valence-corrected chi connectivity index (χ0v) is 10.6. The fourth-order valence-electron chi connectivity index (χ4n) is 2.99. The average molecular weight is 224 g/mol. The normalized spacial score (nSPS) is 28.6. The summed E-state index contributed by atoms with van der Waals surface area (Å²) >= 11 is 0. The van der Waals surface area contributed by atoms with Gasteiger partial charge >= 0.3 is 0 Å². The molecule has 2 aliphatic heterocycles. The molecule has 3 heteroatoms. The number of rotatable bonds is 2. The van der Waals surface area contributed by atoms with E-state index < -0.39 is 0 Å². The number of amides is 1. The van der Waals surface area contributed by atoms with Crippen LogP contribution in [0.1, 0.15) is 39.0 Å². The number of carbonyl (C=O) groups excluding carboxylic acids is 1. The first-order valence-corrected chi connectivity index (χ1v) is 6.71. The molecule has 3 nitrogen and oxygen atoms in total. The Balaban J connectivity index is 1.86. The predicted molar refractivity (Wildman–Crippen MR) is 65.2 cm³/mol. The molecule has 0 radical (unpaired) electrons. The van der Waals surface area contributed by atoms with Crippen LogP contribution in [-0.2, 0) is 4.79 Å². The first kappa shape index (κ1) is 11.9. The van der Waals surface area contributed by atoms with Gasteiger partial charge in [-0.1, -0.05) is 13.3 Å². The van der Waals surface area contributed by atoms with Crippen molar-refractivity contribution in [3.05, 3.63) is 0 Å². The SMILES string of the molecule is CCC1CCN(C(=O)[C@@H]2CCCN2C)CC1. The van der Waals surface area contributed by atoms with Crippen LogP contribution in [-0.4, -0.2) is 48.4 Å². The van der Waals surface area contributed by atoms with Crippen LogP contribution in [0.2, 0.25) is 0 Å². The van der Waals surface area contributed by atoms with E-state index in [0.29, 0.717) is 5.91 Å². The smallest absolute Gasteiger partial charge is 0.239 e. The van der Waals surface area contributed by atoms with Crippen LogP contribution < -0.4 is 0 Å². The molecule has 0 bridgehead atoms. The van der Waals surface area contributed by atoms with Gasteiger partial charge in [-0.15, -0.1) is 0 Å². The molecule has 1 atom stereocenters. The van der Waals surface area contributed by atoms with E-state index in [1.165, 1.54) is 25.7 Å². The van der Waals surface area contributed by atoms with Gasteiger partial charge in [-0.3, -0.25) is 9.69 Å². The molecule has 0 aromatic rings. The van der Waals surface area contributed by atoms with Crippen LogP contribution in [0.15, 0.2) is 0 Å². The lowest BCUT2D eigenvalue weighted by molar-refractivity contribution is -0.137. The molecule has 0 unspecified atom stereocenters. The summed E-state index contributed by atoms with van der Waals surface area (Å²) < 4.78 is 0. The first-order valence-electron chi connectivity index (χ1n) is 6.71. The fraction of sp³-hybridized carbons (Fsp3) is 0.923. The zero-order chi connectivity index (χ0) is 11.5. The highest BCUT2D eigenvalue weighted by molar-refractivity contribution is 5.82. The van der Waals surface area contributed by atoms with Crippen molar-refractivity contribution in [2.45, 2.75) is 45.1 Å². The van der Waals surface area contributed by atoms with E-state index >= 15 is 0 Å². The maximum Gasteiger partial charge on any atom is 0.239 e. The lowest BCUT2D eigenvalue weighted by atomic mass is 9.94. The van der Waals surface area contributed by atoms with Gasteiger partial charge in [-0.05, 0) is 45.2 Å². The van der Waals surface area contributed by atoms with Crippen molar-refractivity contribution in [1.29, 1.82) is 0 Å². The van der Waals surface area contributed by atoms with E-state index in [0.717, 1.165) is 32.0 Å². The quantitative estimate of drug-likeness (QED) is 0.713. The van der Waals surface area contributed by atoms with Gasteiger partial charge in [-0.2, -0.15) is 0 Å². The monoisotopic (exact) mass is 224 g/mol. The molecule has 0 N–H and O–H groups in total. The Morgan fingerprint density at radius 3 is 2.38 bits per heavy atom. The molecular formula is C13H24N2O. The van der Waals surface area contributed by atoms with Crippen LogP contribution in [0.5, 0.6) is 0 Å². The second-order valence-electron chi connectivity index (χ2n) is 5.32. The number of nitrogens with zero attached hydrogens (tertiary/aromatic N) is 2. The van der Waals surface area contributed by atoms with E-state index in [2.05, 4.69) is 23.8 Å². The van der Waals surface area contributed by atoms with Crippen molar-refractivity contribution in [3.8, 4) is 0 Å². The first-order chi connectivity index (χ1) is 7.72. The fourth-order valence-corrected chi connectivity index (χ4v) is 2.99. The third kappa shape index (κ3) is 2.40. The van der Waals surface area contributed by atoms with E-state index in [9.17, 15) is 4.79 Å². The van der Waals surface area contributed by atoms with Gasteiger partial charge in [0.1, 0.15) is 0 Å². The maximum atomic E-state index is 12.3. The molecule has 0 spiro atoms. The number of piperidine rings is 1. The van der Waals surface area contributed by atoms with Gasteiger partial charge < -0.3 is 4.90 Å². The Morgan fingerprint density at radius 2 is 1.88 bits per heavy atom. The molecule has 16 heavy (non-hydrogen) atoms. The molecule has 2 rings (SSSR count). The predicted octanol–water partition coefficient (Wildman–Crippen LogP) is 1.73. The topological polar surface area (TPSA) is 23.6 Å². The number of hydrogen-bond acceptors (Lipinski definition) is 2. The third-order valence-electron chi connectivity index (χ3n) is 4.31. The third-order valence-corrected chi connectivity index (χ3v) is 4.31. The Morgan fingerprint density at radius 1 is 1.19 bits per heavy atom. The Bertz CT molecular complexity index is 246. The average Bonchev–Trinajstić information content (AvgIpc) is 2.75. The van der Waals surface area contributed by atoms with Gasteiger partial charge in [0.05, 0.1) is 6.04 Å². The maximum absolute atomic E-state index is 12.3. The van der Waals surface area contributed by atoms with Crippen LogP contribution in [0, 0.1) is 5.92 Å². The van der Waals surface area contributed by atoms with E-state index in [4.69, 9.17) is 0 Å². The van der Waals surface area contributed by atoms with Crippen LogP contribution in [0.25, 0.3) is 0 Å². The summed E-state index contributed by atoms with van der Waals surface area (Å²) in [4.78, 5) is 16.6. The molecule has 0 aromatic heterocycles. The molecule has 0 aliphatic carbocycles. The van der Waals surface area contributed by atoms with Crippen molar-refractivity contribution in [2.75, 3.05) is 26.7 Å². The molecule has 2 aliphatic rings. The lowest BCUT2D eigenvalue weighted by Crippen LogP contribution is -2.47. The lowest BCUT2D eigenvalue weighted by Gasteiger charge is -2.34. The number of carbonyl (C=O) groups is 1.